The number of unbranched alkanes of at least 4 members (excludes halogenated alkanes) is 22. The maximum absolute atomic E-state index is 12.7. The number of hydrogen-bond acceptors (Lipinski definition) is 6. The van der Waals surface area contributed by atoms with Crippen molar-refractivity contribution in [3.63, 3.8) is 0 Å². The van der Waals surface area contributed by atoms with Crippen molar-refractivity contribution in [1.29, 1.82) is 0 Å². The normalized spacial score (nSPS) is 12.6. The van der Waals surface area contributed by atoms with Gasteiger partial charge in [-0.1, -0.05) is 216 Å². The molecule has 0 aliphatic rings. The largest absolute Gasteiger partial charge is 0.462 e. The van der Waals surface area contributed by atoms with Gasteiger partial charge >= 0.3 is 17.9 Å². The van der Waals surface area contributed by atoms with Crippen molar-refractivity contribution in [3.05, 3.63) is 72.9 Å². The molecule has 0 saturated carbocycles. The molecular formula is C55H94O6. The smallest absolute Gasteiger partial charge is 0.306 e. The molecule has 0 aliphatic carbocycles. The maximum atomic E-state index is 12.7. The Hall–Kier alpha value is -3.15. The summed E-state index contributed by atoms with van der Waals surface area (Å²) < 4.78 is 16.7. The van der Waals surface area contributed by atoms with E-state index in [1.807, 2.05) is 12.2 Å². The number of hydrogen-bond donors (Lipinski definition) is 0. The van der Waals surface area contributed by atoms with Gasteiger partial charge in [0.1, 0.15) is 13.2 Å². The lowest BCUT2D eigenvalue weighted by Gasteiger charge is -2.18. The van der Waals surface area contributed by atoms with Crippen LogP contribution < -0.4 is 0 Å². The van der Waals surface area contributed by atoms with Crippen LogP contribution in [0.2, 0.25) is 0 Å². The molecule has 0 fully saturated rings. The van der Waals surface area contributed by atoms with Crippen molar-refractivity contribution < 1.29 is 28.6 Å². The summed E-state index contributed by atoms with van der Waals surface area (Å²) in [7, 11) is 0. The van der Waals surface area contributed by atoms with E-state index in [-0.39, 0.29) is 31.6 Å². The Morgan fingerprint density at radius 1 is 0.344 bits per heavy atom. The minimum Gasteiger partial charge on any atom is -0.462 e. The van der Waals surface area contributed by atoms with Gasteiger partial charge in [0.05, 0.1) is 0 Å². The van der Waals surface area contributed by atoms with Crippen LogP contribution in [0.4, 0.5) is 0 Å². The molecule has 0 bridgehead atoms. The van der Waals surface area contributed by atoms with Crippen molar-refractivity contribution >= 4 is 17.9 Å². The van der Waals surface area contributed by atoms with Crippen molar-refractivity contribution in [2.45, 2.75) is 245 Å². The summed E-state index contributed by atoms with van der Waals surface area (Å²) >= 11 is 0. The lowest BCUT2D eigenvalue weighted by molar-refractivity contribution is -0.166. The van der Waals surface area contributed by atoms with Crippen LogP contribution in [0.1, 0.15) is 239 Å². The van der Waals surface area contributed by atoms with Gasteiger partial charge in [0.15, 0.2) is 6.10 Å². The summed E-state index contributed by atoms with van der Waals surface area (Å²) in [5.74, 6) is -0.994. The highest BCUT2D eigenvalue weighted by molar-refractivity contribution is 5.71. The van der Waals surface area contributed by atoms with Gasteiger partial charge in [0, 0.05) is 19.3 Å². The van der Waals surface area contributed by atoms with Gasteiger partial charge in [-0.2, -0.15) is 0 Å². The van der Waals surface area contributed by atoms with Gasteiger partial charge in [-0.15, -0.1) is 0 Å². The van der Waals surface area contributed by atoms with Gasteiger partial charge in [0.2, 0.25) is 0 Å². The topological polar surface area (TPSA) is 78.9 Å². The Bertz CT molecular complexity index is 1160. The van der Waals surface area contributed by atoms with Crippen molar-refractivity contribution in [2.24, 2.45) is 0 Å². The summed E-state index contributed by atoms with van der Waals surface area (Å²) in [4.78, 5) is 37.9. The van der Waals surface area contributed by atoms with Crippen molar-refractivity contribution in [2.75, 3.05) is 13.2 Å². The Balaban J connectivity index is 4.45. The van der Waals surface area contributed by atoms with Crippen molar-refractivity contribution in [3.8, 4) is 0 Å². The Labute approximate surface area is 376 Å². The van der Waals surface area contributed by atoms with Crippen LogP contribution in [-0.4, -0.2) is 37.2 Å². The van der Waals surface area contributed by atoms with Crippen LogP contribution in [0.15, 0.2) is 72.9 Å². The minimum absolute atomic E-state index is 0.105. The van der Waals surface area contributed by atoms with E-state index < -0.39 is 12.1 Å². The first-order valence-corrected chi connectivity index (χ1v) is 25.4. The van der Waals surface area contributed by atoms with E-state index in [0.717, 1.165) is 70.6 Å². The average molecular weight is 851 g/mol. The van der Waals surface area contributed by atoms with Crippen LogP contribution >= 0.6 is 0 Å². The second kappa shape index (κ2) is 49.5. The molecule has 0 N–H and O–H groups in total. The highest BCUT2D eigenvalue weighted by Crippen LogP contribution is 2.14. The first-order valence-electron chi connectivity index (χ1n) is 25.4. The van der Waals surface area contributed by atoms with E-state index in [9.17, 15) is 14.4 Å². The van der Waals surface area contributed by atoms with Gasteiger partial charge in [0.25, 0.3) is 0 Å². The van der Waals surface area contributed by atoms with Gasteiger partial charge in [-0.25, -0.2) is 0 Å². The standard InChI is InChI=1S/C55H94O6/c1-4-7-10-13-16-19-22-24-26-28-30-31-33-36-39-42-45-48-54(57)60-51-52(50-59-53(56)47-44-41-38-35-21-18-15-12-9-6-3)61-55(58)49-46-43-40-37-34-32-29-27-25-23-20-17-14-11-8-5-2/h8,11,17,20,24-27,32,34,40,43,52H,4-7,9-10,12-16,18-19,21-23,28-31,33,35-39,41-42,44-51H2,1-3H3/b11-8-,20-17-,26-24-,27-25-,34-32-,43-40-. The van der Waals surface area contributed by atoms with E-state index >= 15 is 0 Å². The molecule has 0 amide bonds. The zero-order chi connectivity index (χ0) is 44.4. The van der Waals surface area contributed by atoms with Crippen LogP contribution in [0.25, 0.3) is 0 Å². The van der Waals surface area contributed by atoms with Crippen LogP contribution in [0.5, 0.6) is 0 Å². The second-order valence-electron chi connectivity index (χ2n) is 16.7. The summed E-state index contributed by atoms with van der Waals surface area (Å²) in [5, 5.41) is 0. The van der Waals surface area contributed by atoms with Gasteiger partial charge in [-0.3, -0.25) is 14.4 Å². The summed E-state index contributed by atoms with van der Waals surface area (Å²) in [5.41, 5.74) is 0. The van der Waals surface area contributed by atoms with Gasteiger partial charge < -0.3 is 14.2 Å². The first kappa shape index (κ1) is 57.9. The molecule has 0 aromatic rings. The molecule has 1 unspecified atom stereocenters. The highest BCUT2D eigenvalue weighted by atomic mass is 16.6. The highest BCUT2D eigenvalue weighted by Gasteiger charge is 2.19. The second-order valence-corrected chi connectivity index (χ2v) is 16.7. The zero-order valence-electron chi connectivity index (χ0n) is 39.9. The summed E-state index contributed by atoms with van der Waals surface area (Å²) in [6.07, 6.45) is 61.8. The van der Waals surface area contributed by atoms with E-state index in [1.54, 1.807) is 0 Å². The molecule has 350 valence electrons. The predicted octanol–water partition coefficient (Wildman–Crippen LogP) is 16.6. The number of carbonyl (C=O) groups excluding carboxylic acids is 3. The first-order chi connectivity index (χ1) is 30.0. The molecular weight excluding hydrogens is 757 g/mol. The lowest BCUT2D eigenvalue weighted by atomic mass is 10.1. The Morgan fingerprint density at radius 3 is 1.07 bits per heavy atom. The Morgan fingerprint density at radius 2 is 0.672 bits per heavy atom. The SMILES string of the molecule is CC/C=C\C/C=C\C/C=C\C/C=C\C/C=C\CCC(=O)OC(COC(=O)CCCCCCCCC/C=C\CCCCCCCC)COC(=O)CCCCCCCCCCCC. The fraction of sp³-hybridized carbons (Fsp3) is 0.727. The van der Waals surface area contributed by atoms with Crippen LogP contribution in [0, 0.1) is 0 Å². The number of allylic oxidation sites excluding steroid dienone is 12. The molecule has 61 heavy (non-hydrogen) atoms. The number of esters is 3. The monoisotopic (exact) mass is 851 g/mol. The fourth-order valence-corrected chi connectivity index (χ4v) is 6.90. The molecule has 0 radical (unpaired) electrons. The number of ether oxygens (including phenoxy) is 3. The lowest BCUT2D eigenvalue weighted by Crippen LogP contribution is -2.30. The van der Waals surface area contributed by atoms with Crippen LogP contribution in [0.3, 0.4) is 0 Å². The fourth-order valence-electron chi connectivity index (χ4n) is 6.90. The molecule has 6 heteroatoms. The average Bonchev–Trinajstić information content (AvgIpc) is 3.26. The molecule has 0 aliphatic heterocycles. The zero-order valence-corrected chi connectivity index (χ0v) is 39.9. The number of rotatable bonds is 45. The minimum atomic E-state index is -0.813. The quantitative estimate of drug-likeness (QED) is 0.0263. The van der Waals surface area contributed by atoms with Gasteiger partial charge in [-0.05, 0) is 77.0 Å². The summed E-state index contributed by atoms with van der Waals surface area (Å²) in [6.45, 7) is 6.44. The molecule has 0 aromatic carbocycles. The third-order valence-electron chi connectivity index (χ3n) is 10.7. The van der Waals surface area contributed by atoms with E-state index in [0.29, 0.717) is 19.3 Å². The van der Waals surface area contributed by atoms with E-state index in [2.05, 4.69) is 81.5 Å². The number of carbonyl (C=O) groups is 3. The molecule has 0 spiro atoms. The third kappa shape index (κ3) is 47.7. The molecule has 6 nitrogen and oxygen atoms in total. The molecule has 0 saturated heterocycles. The van der Waals surface area contributed by atoms with E-state index in [1.165, 1.54) is 122 Å². The maximum Gasteiger partial charge on any atom is 0.306 e. The third-order valence-corrected chi connectivity index (χ3v) is 10.7. The molecule has 0 heterocycles. The predicted molar refractivity (Wildman–Crippen MR) is 261 cm³/mol. The van der Waals surface area contributed by atoms with Crippen molar-refractivity contribution in [1.82, 2.24) is 0 Å². The molecule has 1 atom stereocenters. The van der Waals surface area contributed by atoms with E-state index in [4.69, 9.17) is 14.2 Å². The Kier molecular flexibility index (Phi) is 46.9. The summed E-state index contributed by atoms with van der Waals surface area (Å²) in [6, 6.07) is 0. The molecule has 0 aromatic heterocycles. The van der Waals surface area contributed by atoms with Crippen LogP contribution in [-0.2, 0) is 28.6 Å². The molecule has 0 rings (SSSR count).